The van der Waals surface area contributed by atoms with Crippen LogP contribution >= 0.6 is 0 Å². The van der Waals surface area contributed by atoms with Crippen LogP contribution in [0.3, 0.4) is 0 Å². The van der Waals surface area contributed by atoms with Gasteiger partial charge >= 0.3 is 12.1 Å². The van der Waals surface area contributed by atoms with Gasteiger partial charge in [-0.15, -0.1) is 0 Å². The van der Waals surface area contributed by atoms with Crippen molar-refractivity contribution < 1.29 is 35.8 Å². The number of unbranched alkanes of at least 4 members (excludes halogenated alkanes) is 1. The largest absolute Gasteiger partial charge is 0.490 e. The molecule has 0 N–H and O–H groups in total. The van der Waals surface area contributed by atoms with Gasteiger partial charge in [0.15, 0.2) is 11.5 Å². The second-order valence-corrected chi connectivity index (χ2v) is 8.17. The van der Waals surface area contributed by atoms with E-state index < -0.39 is 24.3 Å². The lowest BCUT2D eigenvalue weighted by molar-refractivity contribution is -0.284. The Bertz CT molecular complexity index is 729. The molecule has 0 bridgehead atoms. The van der Waals surface area contributed by atoms with Crippen LogP contribution in [0, 0.1) is 5.82 Å². The molecule has 170 valence electrons. The van der Waals surface area contributed by atoms with Gasteiger partial charge in [0.25, 0.3) is 0 Å². The summed E-state index contributed by atoms with van der Waals surface area (Å²) in [7, 11) is 0. The van der Waals surface area contributed by atoms with Crippen molar-refractivity contribution in [2.75, 3.05) is 32.8 Å². The molecule has 0 atom stereocenters. The van der Waals surface area contributed by atoms with Crippen LogP contribution in [0.15, 0.2) is 12.1 Å². The molecule has 9 heteroatoms. The third-order valence-corrected chi connectivity index (χ3v) is 6.04. The molecule has 2 heterocycles. The van der Waals surface area contributed by atoms with E-state index in [4.69, 9.17) is 9.47 Å². The maximum atomic E-state index is 14.8. The first-order valence-electron chi connectivity index (χ1n) is 10.4. The van der Waals surface area contributed by atoms with Gasteiger partial charge in [-0.25, -0.2) is 0 Å². The first-order chi connectivity index (χ1) is 14.1. The molecule has 3 nitrogen and oxygen atoms in total. The Morgan fingerprint density at radius 1 is 1.10 bits per heavy atom. The summed E-state index contributed by atoms with van der Waals surface area (Å²) < 4.78 is 88.0. The van der Waals surface area contributed by atoms with Gasteiger partial charge in [-0.3, -0.25) is 0 Å². The summed E-state index contributed by atoms with van der Waals surface area (Å²) in [5.74, 6) is -5.27. The van der Waals surface area contributed by atoms with Gasteiger partial charge in [-0.05, 0) is 57.8 Å². The molecule has 1 aromatic carbocycles. The summed E-state index contributed by atoms with van der Waals surface area (Å²) in [5.41, 5.74) is 0.621. The molecule has 0 unspecified atom stereocenters. The molecule has 0 radical (unpaired) electrons. The zero-order chi connectivity index (χ0) is 22.0. The predicted octanol–water partition coefficient (Wildman–Crippen LogP) is 5.71. The smallest absolute Gasteiger partial charge is 0.453 e. The number of piperidine rings is 1. The highest BCUT2D eigenvalue weighted by molar-refractivity contribution is 5.50. The lowest BCUT2D eigenvalue weighted by Gasteiger charge is -2.38. The second kappa shape index (κ2) is 8.85. The van der Waals surface area contributed by atoms with Crippen LogP contribution in [0.1, 0.15) is 51.0 Å². The molecule has 1 fully saturated rings. The Labute approximate surface area is 172 Å². The first-order valence-corrected chi connectivity index (χ1v) is 10.4. The van der Waals surface area contributed by atoms with E-state index >= 15 is 0 Å². The van der Waals surface area contributed by atoms with Gasteiger partial charge in [0.05, 0.1) is 13.2 Å². The lowest BCUT2D eigenvalue weighted by atomic mass is 9.74. The van der Waals surface area contributed by atoms with Crippen LogP contribution in [0.25, 0.3) is 0 Å². The highest BCUT2D eigenvalue weighted by Gasteiger charge is 2.56. The van der Waals surface area contributed by atoms with Crippen molar-refractivity contribution in [1.29, 1.82) is 0 Å². The molecule has 0 amide bonds. The van der Waals surface area contributed by atoms with Crippen LogP contribution in [0.2, 0.25) is 0 Å². The van der Waals surface area contributed by atoms with E-state index in [1.165, 1.54) is 6.07 Å². The van der Waals surface area contributed by atoms with Gasteiger partial charge < -0.3 is 14.4 Å². The molecule has 1 saturated heterocycles. The molecule has 0 aromatic heterocycles. The van der Waals surface area contributed by atoms with Crippen LogP contribution < -0.4 is 9.47 Å². The molecule has 30 heavy (non-hydrogen) atoms. The molecule has 2 aliphatic rings. The van der Waals surface area contributed by atoms with Gasteiger partial charge in [0, 0.05) is 17.4 Å². The minimum Gasteiger partial charge on any atom is -0.490 e. The summed E-state index contributed by atoms with van der Waals surface area (Å²) in [6.45, 7) is 5.30. The summed E-state index contributed by atoms with van der Waals surface area (Å²) in [6, 6.07) is 3.28. The van der Waals surface area contributed by atoms with Crippen LogP contribution in [-0.2, 0) is 5.41 Å². The van der Waals surface area contributed by atoms with Gasteiger partial charge in [-0.1, -0.05) is 13.0 Å². The van der Waals surface area contributed by atoms with E-state index in [1.807, 2.05) is 0 Å². The van der Waals surface area contributed by atoms with E-state index in [9.17, 15) is 26.3 Å². The number of ether oxygens (including phenoxy) is 2. The number of halogens is 6. The van der Waals surface area contributed by atoms with Crippen LogP contribution in [0.4, 0.5) is 26.3 Å². The minimum atomic E-state index is -5.56. The maximum absolute atomic E-state index is 14.8. The van der Waals surface area contributed by atoms with E-state index in [-0.39, 0.29) is 36.4 Å². The number of rotatable bonds is 8. The van der Waals surface area contributed by atoms with Gasteiger partial charge in [0.1, 0.15) is 0 Å². The number of hydrogen-bond donors (Lipinski definition) is 0. The first kappa shape index (κ1) is 23.0. The van der Waals surface area contributed by atoms with E-state index in [2.05, 4.69) is 11.8 Å². The summed E-state index contributed by atoms with van der Waals surface area (Å²) in [5, 5.41) is 0. The van der Waals surface area contributed by atoms with Crippen LogP contribution in [0.5, 0.6) is 11.5 Å². The third kappa shape index (κ3) is 4.65. The Morgan fingerprint density at radius 3 is 2.43 bits per heavy atom. The number of fused-ring (bicyclic) bond motifs is 2. The predicted molar refractivity (Wildman–Crippen MR) is 99.9 cm³/mol. The zero-order valence-corrected chi connectivity index (χ0v) is 17.0. The molecule has 2 aliphatic heterocycles. The topological polar surface area (TPSA) is 21.7 Å². The fourth-order valence-corrected chi connectivity index (χ4v) is 4.20. The maximum Gasteiger partial charge on any atom is 0.453 e. The van der Waals surface area contributed by atoms with Gasteiger partial charge in [0.2, 0.25) is 5.82 Å². The molecular weight excluding hydrogens is 412 g/mol. The number of benzene rings is 1. The highest BCUT2D eigenvalue weighted by Crippen LogP contribution is 2.48. The molecule has 1 spiro atoms. The van der Waals surface area contributed by atoms with Crippen molar-refractivity contribution in [2.45, 2.75) is 63.0 Å². The van der Waals surface area contributed by atoms with Gasteiger partial charge in [-0.2, -0.15) is 26.3 Å². The Kier molecular flexibility index (Phi) is 6.79. The number of likely N-dealkylation sites (tertiary alicyclic amines) is 1. The summed E-state index contributed by atoms with van der Waals surface area (Å²) in [6.07, 6.45) is -4.44. The lowest BCUT2D eigenvalue weighted by Crippen LogP contribution is -2.43. The summed E-state index contributed by atoms with van der Waals surface area (Å²) in [4.78, 5) is 2.39. The van der Waals surface area contributed by atoms with Crippen molar-refractivity contribution in [1.82, 2.24) is 4.90 Å². The molecule has 3 rings (SSSR count). The normalized spacial score (nSPS) is 19.0. The SMILES string of the molecule is CCCN1CCC2(CC1)COc1c2ccc(OCCCCC(F)(F)C(F)(F)F)c1F. The number of alkyl halides is 5. The van der Waals surface area contributed by atoms with Crippen molar-refractivity contribution >= 4 is 0 Å². The Hall–Kier alpha value is -1.64. The van der Waals surface area contributed by atoms with E-state index in [0.717, 1.165) is 44.5 Å². The Balaban J connectivity index is 1.55. The number of nitrogens with zero attached hydrogens (tertiary/aromatic N) is 1. The van der Waals surface area contributed by atoms with Crippen molar-refractivity contribution in [3.8, 4) is 11.5 Å². The van der Waals surface area contributed by atoms with Crippen molar-refractivity contribution in [3.05, 3.63) is 23.5 Å². The fourth-order valence-electron chi connectivity index (χ4n) is 4.20. The minimum absolute atomic E-state index is 0.0414. The monoisotopic (exact) mass is 439 g/mol. The standard InChI is InChI=1S/C21H27F6NO2/c1-2-10-28-11-8-19(9-12-28)14-30-18-15(19)5-6-16(17(18)22)29-13-4-3-7-20(23,24)21(25,26)27/h5-6H,2-4,7-14H2,1H3. The number of hydrogen-bond acceptors (Lipinski definition) is 3. The fraction of sp³-hybridized carbons (Fsp3) is 0.714. The molecule has 1 aromatic rings. The highest BCUT2D eigenvalue weighted by atomic mass is 19.4. The second-order valence-electron chi connectivity index (χ2n) is 8.17. The third-order valence-electron chi connectivity index (χ3n) is 6.04. The van der Waals surface area contributed by atoms with Crippen molar-refractivity contribution in [3.63, 3.8) is 0 Å². The quantitative estimate of drug-likeness (QED) is 0.383. The average Bonchev–Trinajstić information content (AvgIpc) is 3.03. The molecule has 0 saturated carbocycles. The van der Waals surface area contributed by atoms with Crippen molar-refractivity contribution in [2.24, 2.45) is 0 Å². The molecule has 0 aliphatic carbocycles. The van der Waals surface area contributed by atoms with E-state index in [1.54, 1.807) is 6.07 Å². The zero-order valence-electron chi connectivity index (χ0n) is 17.0. The van der Waals surface area contributed by atoms with Crippen LogP contribution in [-0.4, -0.2) is 49.8 Å². The molecular formula is C21H27F6NO2. The summed E-state index contributed by atoms with van der Waals surface area (Å²) >= 11 is 0. The Morgan fingerprint density at radius 2 is 1.80 bits per heavy atom. The average molecular weight is 439 g/mol. The van der Waals surface area contributed by atoms with E-state index in [0.29, 0.717) is 6.61 Å².